The van der Waals surface area contributed by atoms with E-state index in [1.165, 1.54) is 0 Å². The summed E-state index contributed by atoms with van der Waals surface area (Å²) in [6, 6.07) is 9.30. The van der Waals surface area contributed by atoms with Crippen molar-refractivity contribution in [3.05, 3.63) is 48.0 Å². The van der Waals surface area contributed by atoms with Gasteiger partial charge in [-0.25, -0.2) is 0 Å². The van der Waals surface area contributed by atoms with Crippen LogP contribution in [-0.4, -0.2) is 30.0 Å². The topological polar surface area (TPSA) is 81.7 Å². The van der Waals surface area contributed by atoms with Crippen LogP contribution in [0.2, 0.25) is 0 Å². The van der Waals surface area contributed by atoms with Gasteiger partial charge in [0.1, 0.15) is 11.7 Å². The lowest BCUT2D eigenvalue weighted by Crippen LogP contribution is -2.37. The first-order valence-corrected chi connectivity index (χ1v) is 9.63. The maximum absolute atomic E-state index is 12.7. The normalized spacial score (nSPS) is 22.8. The Morgan fingerprint density at radius 1 is 1.18 bits per heavy atom. The van der Waals surface area contributed by atoms with Crippen molar-refractivity contribution in [3.8, 4) is 0 Å². The average molecular weight is 387 g/mol. The summed E-state index contributed by atoms with van der Waals surface area (Å²) in [7, 11) is 0. The van der Waals surface area contributed by atoms with E-state index < -0.39 is 23.6 Å². The molecule has 0 saturated carbocycles. The van der Waals surface area contributed by atoms with Crippen LogP contribution in [0.3, 0.4) is 0 Å². The molecule has 0 unspecified atom stereocenters. The number of carbonyl (C=O) groups is 3. The maximum atomic E-state index is 12.7. The molecule has 1 aromatic rings. The number of cyclic esters (lactones) is 1. The summed E-state index contributed by atoms with van der Waals surface area (Å²) in [5.41, 5.74) is 0.217. The van der Waals surface area contributed by atoms with Gasteiger partial charge < -0.3 is 14.8 Å². The Morgan fingerprint density at radius 3 is 2.57 bits per heavy atom. The van der Waals surface area contributed by atoms with Crippen molar-refractivity contribution in [2.45, 2.75) is 58.2 Å². The Balaban J connectivity index is 2.11. The van der Waals surface area contributed by atoms with E-state index in [1.54, 1.807) is 20.8 Å². The number of amides is 1. The Morgan fingerprint density at radius 2 is 1.89 bits per heavy atom. The van der Waals surface area contributed by atoms with E-state index in [0.717, 1.165) is 5.56 Å². The fourth-order valence-electron chi connectivity index (χ4n) is 2.90. The van der Waals surface area contributed by atoms with Gasteiger partial charge >= 0.3 is 11.9 Å². The van der Waals surface area contributed by atoms with E-state index in [4.69, 9.17) is 9.47 Å². The van der Waals surface area contributed by atoms with Crippen LogP contribution in [0.25, 0.3) is 0 Å². The molecule has 0 fully saturated rings. The molecule has 6 heteroatoms. The minimum Gasteiger partial charge on any atom is -0.460 e. The molecule has 1 aliphatic rings. The predicted molar refractivity (Wildman–Crippen MR) is 105 cm³/mol. The average Bonchev–Trinajstić information content (AvgIpc) is 2.62. The Labute approximate surface area is 166 Å². The van der Waals surface area contributed by atoms with Crippen molar-refractivity contribution in [2.75, 3.05) is 6.54 Å². The number of carbonyl (C=O) groups excluding carboxylic acids is 3. The van der Waals surface area contributed by atoms with Crippen LogP contribution in [0.1, 0.15) is 58.1 Å². The molecule has 0 radical (unpaired) electrons. The van der Waals surface area contributed by atoms with E-state index in [9.17, 15) is 14.4 Å². The molecular weight excluding hydrogens is 358 g/mol. The zero-order chi connectivity index (χ0) is 20.6. The highest BCUT2D eigenvalue weighted by Gasteiger charge is 2.26. The van der Waals surface area contributed by atoms with Gasteiger partial charge in [-0.15, -0.1) is 0 Å². The quantitative estimate of drug-likeness (QED) is 0.634. The van der Waals surface area contributed by atoms with Gasteiger partial charge in [0, 0.05) is 6.42 Å². The summed E-state index contributed by atoms with van der Waals surface area (Å²) in [6.45, 7) is 5.54. The second-order valence-corrected chi connectivity index (χ2v) is 7.87. The van der Waals surface area contributed by atoms with Gasteiger partial charge in [0.2, 0.25) is 5.91 Å². The first-order valence-electron chi connectivity index (χ1n) is 9.63. The molecule has 2 atom stereocenters. The number of ether oxygens (including phenoxy) is 2. The highest BCUT2D eigenvalue weighted by Crippen LogP contribution is 2.20. The fourth-order valence-corrected chi connectivity index (χ4v) is 2.90. The zero-order valence-electron chi connectivity index (χ0n) is 16.8. The Bertz CT molecular complexity index is 705. The smallest absolute Gasteiger partial charge is 0.307 e. The molecule has 28 heavy (non-hydrogen) atoms. The third-order valence-electron chi connectivity index (χ3n) is 4.21. The number of hydrogen-bond acceptors (Lipinski definition) is 5. The molecule has 1 aliphatic heterocycles. The molecule has 1 heterocycles. The van der Waals surface area contributed by atoms with Crippen molar-refractivity contribution in [2.24, 2.45) is 5.92 Å². The van der Waals surface area contributed by atoms with Crippen LogP contribution in [0.5, 0.6) is 0 Å². The second-order valence-electron chi connectivity index (χ2n) is 7.87. The van der Waals surface area contributed by atoms with E-state index in [-0.39, 0.29) is 31.3 Å². The fraction of sp³-hybridized carbons (Fsp3) is 0.500. The second kappa shape index (κ2) is 10.1. The number of allylic oxidation sites excluding steroid dienone is 2. The van der Waals surface area contributed by atoms with Crippen LogP contribution < -0.4 is 5.32 Å². The highest BCUT2D eigenvalue weighted by molar-refractivity contribution is 5.84. The molecule has 1 amide bonds. The molecular formula is C22H29NO5. The van der Waals surface area contributed by atoms with Crippen LogP contribution in [0, 0.1) is 5.92 Å². The minimum atomic E-state index is -0.596. The number of esters is 2. The number of hydrogen-bond donors (Lipinski definition) is 1. The largest absolute Gasteiger partial charge is 0.460 e. The molecule has 152 valence electrons. The molecule has 1 N–H and O–H groups in total. The van der Waals surface area contributed by atoms with Gasteiger partial charge in [-0.3, -0.25) is 14.4 Å². The van der Waals surface area contributed by atoms with E-state index >= 15 is 0 Å². The van der Waals surface area contributed by atoms with E-state index in [2.05, 4.69) is 5.32 Å². The minimum absolute atomic E-state index is 0.00321. The number of nitrogens with one attached hydrogen (secondary N) is 1. The third-order valence-corrected chi connectivity index (χ3v) is 4.21. The van der Waals surface area contributed by atoms with Crippen LogP contribution >= 0.6 is 0 Å². The highest BCUT2D eigenvalue weighted by atomic mass is 16.6. The molecule has 0 saturated heterocycles. The van der Waals surface area contributed by atoms with Gasteiger partial charge in [-0.2, -0.15) is 0 Å². The molecule has 6 nitrogen and oxygen atoms in total. The summed E-state index contributed by atoms with van der Waals surface area (Å²) < 4.78 is 10.9. The van der Waals surface area contributed by atoms with Crippen molar-refractivity contribution < 1.29 is 23.9 Å². The standard InChI is InChI=1S/C22H29NO5/c1-22(2,3)28-20(25)14-17-12-8-5-9-13-19(24)27-18(15-23-21(17)26)16-10-6-4-7-11-16/h4-8,10-11,17-18H,9,12-15H2,1-3H3,(H,23,26)/b8-5-/t17-,18-/m0/s1. The lowest BCUT2D eigenvalue weighted by molar-refractivity contribution is -0.157. The van der Waals surface area contributed by atoms with Crippen LogP contribution in [0.4, 0.5) is 0 Å². The van der Waals surface area contributed by atoms with Gasteiger partial charge in [-0.1, -0.05) is 42.5 Å². The van der Waals surface area contributed by atoms with Gasteiger partial charge in [0.25, 0.3) is 0 Å². The molecule has 0 bridgehead atoms. The summed E-state index contributed by atoms with van der Waals surface area (Å²) >= 11 is 0. The monoisotopic (exact) mass is 387 g/mol. The Hall–Kier alpha value is -2.63. The maximum Gasteiger partial charge on any atom is 0.307 e. The molecule has 1 aromatic carbocycles. The summed E-state index contributed by atoms with van der Waals surface area (Å²) in [4.78, 5) is 37.0. The SMILES string of the molecule is CC(C)(C)OC(=O)C[C@@H]1C/C=C\CCC(=O)O[C@H](c2ccccc2)CNC1=O. The summed E-state index contributed by atoms with van der Waals surface area (Å²) in [6.07, 6.45) is 4.32. The lowest BCUT2D eigenvalue weighted by atomic mass is 9.99. The van der Waals surface area contributed by atoms with Gasteiger partial charge in [0.05, 0.1) is 18.9 Å². The molecule has 0 aromatic heterocycles. The Kier molecular flexibility index (Phi) is 7.79. The first kappa shape index (κ1) is 21.7. The van der Waals surface area contributed by atoms with Crippen molar-refractivity contribution in [1.29, 1.82) is 0 Å². The summed E-state index contributed by atoms with van der Waals surface area (Å²) in [5, 5.41) is 2.83. The molecule has 0 spiro atoms. The van der Waals surface area contributed by atoms with Crippen molar-refractivity contribution >= 4 is 17.8 Å². The first-order chi connectivity index (χ1) is 13.2. The number of rotatable bonds is 3. The van der Waals surface area contributed by atoms with Crippen LogP contribution in [-0.2, 0) is 23.9 Å². The third kappa shape index (κ3) is 7.55. The van der Waals surface area contributed by atoms with E-state index in [1.807, 2.05) is 42.5 Å². The predicted octanol–water partition coefficient (Wildman–Crippen LogP) is 3.48. The van der Waals surface area contributed by atoms with E-state index in [0.29, 0.717) is 12.8 Å². The van der Waals surface area contributed by atoms with Gasteiger partial charge in [-0.05, 0) is 39.2 Å². The molecule has 2 rings (SSSR count). The van der Waals surface area contributed by atoms with Crippen molar-refractivity contribution in [1.82, 2.24) is 5.32 Å². The number of benzene rings is 1. The van der Waals surface area contributed by atoms with Crippen LogP contribution in [0.15, 0.2) is 42.5 Å². The lowest BCUT2D eigenvalue weighted by Gasteiger charge is -2.23. The van der Waals surface area contributed by atoms with Crippen molar-refractivity contribution in [3.63, 3.8) is 0 Å². The zero-order valence-corrected chi connectivity index (χ0v) is 16.8. The summed E-state index contributed by atoms with van der Waals surface area (Å²) in [5.74, 6) is -1.50. The molecule has 0 aliphatic carbocycles. The van der Waals surface area contributed by atoms with Gasteiger partial charge in [0.15, 0.2) is 0 Å².